The largest absolute Gasteiger partial charge is 0.445 e. The van der Waals surface area contributed by atoms with Crippen molar-refractivity contribution >= 4 is 27.3 Å². The molecule has 0 saturated heterocycles. The van der Waals surface area contributed by atoms with Crippen LogP contribution in [-0.4, -0.2) is 10.2 Å². The summed E-state index contributed by atoms with van der Waals surface area (Å²) in [4.78, 5) is 0. The fraction of sp³-hybridized carbons (Fsp3) is 0.200. The van der Waals surface area contributed by atoms with Crippen LogP contribution in [0.25, 0.3) is 0 Å². The van der Waals surface area contributed by atoms with Crippen molar-refractivity contribution in [3.8, 4) is 10.9 Å². The maximum atomic E-state index is 12.3. The normalized spacial score (nSPS) is 11.6. The van der Waals surface area contributed by atoms with Gasteiger partial charge in [0.1, 0.15) is 5.75 Å². The average molecular weight is 339 g/mol. The summed E-state index contributed by atoms with van der Waals surface area (Å²) in [5.41, 5.74) is 0.910. The molecule has 0 spiro atoms. The van der Waals surface area contributed by atoms with E-state index in [1.165, 1.54) is 0 Å². The lowest BCUT2D eigenvalue weighted by atomic mass is 10.2. The number of hydrogen-bond donors (Lipinski definition) is 0. The molecule has 0 saturated carbocycles. The van der Waals surface area contributed by atoms with Crippen molar-refractivity contribution < 1.29 is 17.9 Å². The van der Waals surface area contributed by atoms with Crippen LogP contribution in [0, 0.1) is 6.92 Å². The molecule has 0 fully saturated rings. The molecule has 8 heteroatoms. The van der Waals surface area contributed by atoms with Crippen LogP contribution < -0.4 is 4.74 Å². The molecule has 0 amide bonds. The third-order valence-electron chi connectivity index (χ3n) is 1.98. The van der Waals surface area contributed by atoms with E-state index in [1.807, 2.05) is 6.92 Å². The number of hydrogen-bond acceptors (Lipinski definition) is 4. The molecule has 2 aromatic rings. The molecule has 1 aromatic heterocycles. The number of halogens is 4. The average Bonchev–Trinajstić information content (AvgIpc) is 2.72. The van der Waals surface area contributed by atoms with E-state index in [4.69, 9.17) is 4.74 Å². The van der Waals surface area contributed by atoms with Gasteiger partial charge in [0.05, 0.1) is 0 Å². The van der Waals surface area contributed by atoms with E-state index in [2.05, 4.69) is 26.1 Å². The Morgan fingerprint density at radius 2 is 2.00 bits per heavy atom. The zero-order valence-electron chi connectivity index (χ0n) is 8.95. The number of ether oxygens (including phenoxy) is 1. The zero-order chi connectivity index (χ0) is 13.3. The van der Waals surface area contributed by atoms with Crippen LogP contribution in [0.1, 0.15) is 10.6 Å². The standard InChI is InChI=1S/C10H6BrF3N2OS/c1-5-4-6(2-3-7(5)11)17-9-16-15-8(18-9)10(12,13)14/h2-4H,1H3. The van der Waals surface area contributed by atoms with E-state index in [0.717, 1.165) is 10.0 Å². The van der Waals surface area contributed by atoms with Crippen molar-refractivity contribution in [2.24, 2.45) is 0 Å². The van der Waals surface area contributed by atoms with E-state index in [0.29, 0.717) is 17.1 Å². The van der Waals surface area contributed by atoms with Gasteiger partial charge >= 0.3 is 6.18 Å². The van der Waals surface area contributed by atoms with Crippen LogP contribution in [0.3, 0.4) is 0 Å². The fourth-order valence-electron chi connectivity index (χ4n) is 1.15. The highest BCUT2D eigenvalue weighted by molar-refractivity contribution is 9.10. The molecular formula is C10H6BrF3N2OS. The minimum absolute atomic E-state index is 0.135. The molecule has 3 nitrogen and oxygen atoms in total. The molecule has 0 N–H and O–H groups in total. The summed E-state index contributed by atoms with van der Waals surface area (Å²) in [7, 11) is 0. The van der Waals surface area contributed by atoms with Gasteiger partial charge < -0.3 is 4.74 Å². The van der Waals surface area contributed by atoms with Crippen molar-refractivity contribution in [2.45, 2.75) is 13.1 Å². The van der Waals surface area contributed by atoms with E-state index in [-0.39, 0.29) is 5.19 Å². The first-order valence-corrected chi connectivity index (χ1v) is 6.32. The summed E-state index contributed by atoms with van der Waals surface area (Å²) >= 11 is 3.68. The topological polar surface area (TPSA) is 35.0 Å². The second-order valence-electron chi connectivity index (χ2n) is 3.38. The Balaban J connectivity index is 2.19. The van der Waals surface area contributed by atoms with Gasteiger partial charge in [-0.05, 0) is 30.7 Å². The highest BCUT2D eigenvalue weighted by Gasteiger charge is 2.36. The van der Waals surface area contributed by atoms with Gasteiger partial charge in [0, 0.05) is 4.47 Å². The Kier molecular flexibility index (Phi) is 3.58. The molecular weight excluding hydrogens is 333 g/mol. The van der Waals surface area contributed by atoms with Gasteiger partial charge in [-0.15, -0.1) is 5.10 Å². The minimum atomic E-state index is -4.49. The lowest BCUT2D eigenvalue weighted by molar-refractivity contribution is -0.138. The molecule has 0 unspecified atom stereocenters. The van der Waals surface area contributed by atoms with Gasteiger partial charge in [-0.2, -0.15) is 13.2 Å². The monoisotopic (exact) mass is 338 g/mol. The Morgan fingerprint density at radius 1 is 1.28 bits per heavy atom. The van der Waals surface area contributed by atoms with Crippen LogP contribution >= 0.6 is 27.3 Å². The third-order valence-corrected chi connectivity index (χ3v) is 3.72. The first kappa shape index (κ1) is 13.3. The molecule has 0 aliphatic rings. The smallest absolute Gasteiger partial charge is 0.430 e. The lowest BCUT2D eigenvalue weighted by Gasteiger charge is -2.03. The summed E-state index contributed by atoms with van der Waals surface area (Å²) < 4.78 is 43.0. The molecule has 0 atom stereocenters. The van der Waals surface area contributed by atoms with Crippen LogP contribution in [0.4, 0.5) is 13.2 Å². The molecule has 0 aliphatic carbocycles. The first-order valence-electron chi connectivity index (χ1n) is 4.71. The number of aromatic nitrogens is 2. The van der Waals surface area contributed by atoms with Gasteiger partial charge in [0.2, 0.25) is 5.01 Å². The number of aryl methyl sites for hydroxylation is 1. The molecule has 0 bridgehead atoms. The molecule has 1 heterocycles. The Bertz CT molecular complexity index is 570. The van der Waals surface area contributed by atoms with Crippen molar-refractivity contribution in [2.75, 3.05) is 0 Å². The van der Waals surface area contributed by atoms with Gasteiger partial charge in [-0.25, -0.2) is 0 Å². The van der Waals surface area contributed by atoms with Crippen LogP contribution in [0.2, 0.25) is 0 Å². The quantitative estimate of drug-likeness (QED) is 0.812. The fourth-order valence-corrected chi connectivity index (χ4v) is 1.98. The van der Waals surface area contributed by atoms with Gasteiger partial charge in [-0.1, -0.05) is 32.4 Å². The van der Waals surface area contributed by atoms with Crippen LogP contribution in [0.15, 0.2) is 22.7 Å². The second-order valence-corrected chi connectivity index (χ2v) is 5.18. The zero-order valence-corrected chi connectivity index (χ0v) is 11.4. The SMILES string of the molecule is Cc1cc(Oc2nnc(C(F)(F)F)s2)ccc1Br. The van der Waals surface area contributed by atoms with Crippen molar-refractivity contribution in [3.05, 3.63) is 33.2 Å². The number of benzene rings is 1. The Hall–Kier alpha value is -1.15. The molecule has 96 valence electrons. The maximum Gasteiger partial charge on any atom is 0.445 e. The third kappa shape index (κ3) is 2.99. The van der Waals surface area contributed by atoms with E-state index >= 15 is 0 Å². The Labute approximate surface area is 113 Å². The molecule has 0 aliphatic heterocycles. The maximum absolute atomic E-state index is 12.3. The minimum Gasteiger partial charge on any atom is -0.430 e. The van der Waals surface area contributed by atoms with Crippen molar-refractivity contribution in [3.63, 3.8) is 0 Å². The molecule has 18 heavy (non-hydrogen) atoms. The first-order chi connectivity index (χ1) is 8.36. The summed E-state index contributed by atoms with van der Waals surface area (Å²) in [6.45, 7) is 1.85. The van der Waals surface area contributed by atoms with Crippen LogP contribution in [-0.2, 0) is 6.18 Å². The molecule has 0 radical (unpaired) electrons. The summed E-state index contributed by atoms with van der Waals surface area (Å²) in [6.07, 6.45) is -4.49. The number of rotatable bonds is 2. The summed E-state index contributed by atoms with van der Waals surface area (Å²) in [6, 6.07) is 5.07. The Morgan fingerprint density at radius 3 is 2.56 bits per heavy atom. The highest BCUT2D eigenvalue weighted by Crippen LogP contribution is 2.35. The second kappa shape index (κ2) is 4.85. The van der Waals surface area contributed by atoms with Gasteiger partial charge in [0.25, 0.3) is 5.19 Å². The predicted octanol–water partition coefficient (Wildman–Crippen LogP) is 4.42. The van der Waals surface area contributed by atoms with E-state index in [1.54, 1.807) is 18.2 Å². The summed E-state index contributed by atoms with van der Waals surface area (Å²) in [5.74, 6) is 0.417. The predicted molar refractivity (Wildman–Crippen MR) is 63.9 cm³/mol. The lowest BCUT2D eigenvalue weighted by Crippen LogP contribution is -2.03. The highest BCUT2D eigenvalue weighted by atomic mass is 79.9. The number of alkyl halides is 3. The van der Waals surface area contributed by atoms with Crippen molar-refractivity contribution in [1.29, 1.82) is 0 Å². The van der Waals surface area contributed by atoms with Crippen LogP contribution in [0.5, 0.6) is 10.9 Å². The molecule has 2 rings (SSSR count). The molecule has 1 aromatic carbocycles. The van der Waals surface area contributed by atoms with Gasteiger partial charge in [0.15, 0.2) is 0 Å². The van der Waals surface area contributed by atoms with Gasteiger partial charge in [-0.3, -0.25) is 0 Å². The van der Waals surface area contributed by atoms with E-state index in [9.17, 15) is 13.2 Å². The summed E-state index contributed by atoms with van der Waals surface area (Å²) in [5, 5.41) is 5.22. The van der Waals surface area contributed by atoms with Crippen molar-refractivity contribution in [1.82, 2.24) is 10.2 Å². The number of nitrogens with zero attached hydrogens (tertiary/aromatic N) is 2. The van der Waals surface area contributed by atoms with E-state index < -0.39 is 11.2 Å².